The minimum absolute atomic E-state index is 0.0265. The smallest absolute Gasteiger partial charge is 0.255 e. The average molecular weight is 443 g/mol. The van der Waals surface area contributed by atoms with Gasteiger partial charge in [0, 0.05) is 56.0 Å². The van der Waals surface area contributed by atoms with Crippen molar-refractivity contribution in [1.29, 1.82) is 0 Å². The molecule has 8 nitrogen and oxygen atoms in total. The Kier molecular flexibility index (Phi) is 5.64. The summed E-state index contributed by atoms with van der Waals surface area (Å²) in [7, 11) is 1.66. The van der Waals surface area contributed by atoms with Gasteiger partial charge in [0.05, 0.1) is 24.6 Å². The number of hydrogen-bond acceptors (Lipinski definition) is 6. The third-order valence-electron chi connectivity index (χ3n) is 6.10. The minimum Gasteiger partial charge on any atom is -0.497 e. The van der Waals surface area contributed by atoms with Crippen LogP contribution in [0.5, 0.6) is 5.75 Å². The molecule has 1 fully saturated rings. The van der Waals surface area contributed by atoms with Crippen LogP contribution in [0.15, 0.2) is 61.2 Å². The fourth-order valence-corrected chi connectivity index (χ4v) is 4.17. The normalized spacial score (nSPS) is 14.0. The van der Waals surface area contributed by atoms with Gasteiger partial charge in [-0.3, -0.25) is 14.2 Å². The van der Waals surface area contributed by atoms with Gasteiger partial charge in [0.25, 0.3) is 5.91 Å². The van der Waals surface area contributed by atoms with Crippen molar-refractivity contribution in [3.63, 3.8) is 0 Å². The van der Waals surface area contributed by atoms with Crippen molar-refractivity contribution in [3.05, 3.63) is 72.4 Å². The number of imidazole rings is 1. The summed E-state index contributed by atoms with van der Waals surface area (Å²) in [6.07, 6.45) is 8.16. The maximum Gasteiger partial charge on any atom is 0.255 e. The summed E-state index contributed by atoms with van der Waals surface area (Å²) in [6, 6.07) is 11.7. The molecule has 1 amide bonds. The lowest BCUT2D eigenvalue weighted by Gasteiger charge is -2.35. The monoisotopic (exact) mass is 442 g/mol. The van der Waals surface area contributed by atoms with Crippen molar-refractivity contribution in [2.75, 3.05) is 38.2 Å². The summed E-state index contributed by atoms with van der Waals surface area (Å²) < 4.78 is 7.33. The quantitative estimate of drug-likeness (QED) is 0.472. The van der Waals surface area contributed by atoms with E-state index in [0.717, 1.165) is 40.6 Å². The van der Waals surface area contributed by atoms with E-state index >= 15 is 0 Å². The van der Waals surface area contributed by atoms with E-state index in [9.17, 15) is 4.79 Å². The van der Waals surface area contributed by atoms with Crippen molar-refractivity contribution in [3.8, 4) is 17.0 Å². The molecule has 0 bridgehead atoms. The Bertz CT molecular complexity index is 1260. The first-order valence-electron chi connectivity index (χ1n) is 11.1. The number of hydrogen-bond donors (Lipinski definition) is 0. The molecule has 3 aromatic heterocycles. The minimum atomic E-state index is 0.0265. The van der Waals surface area contributed by atoms with Crippen molar-refractivity contribution in [1.82, 2.24) is 24.3 Å². The van der Waals surface area contributed by atoms with Crippen molar-refractivity contribution in [2.24, 2.45) is 0 Å². The summed E-state index contributed by atoms with van der Waals surface area (Å²) in [5.74, 6) is 1.67. The van der Waals surface area contributed by atoms with E-state index in [4.69, 9.17) is 9.72 Å². The number of nitrogens with zero attached hydrogens (tertiary/aromatic N) is 6. The fraction of sp³-hybridized carbons (Fsp3) is 0.280. The van der Waals surface area contributed by atoms with E-state index < -0.39 is 0 Å². The van der Waals surface area contributed by atoms with E-state index in [1.165, 1.54) is 0 Å². The Morgan fingerprint density at radius 1 is 0.970 bits per heavy atom. The number of ether oxygens (including phenoxy) is 1. The molecule has 1 aliphatic heterocycles. The molecule has 4 aromatic rings. The topological polar surface area (TPSA) is 75.9 Å². The standard InChI is InChI=1S/C25H26N6O2/c1-3-20-7-4-19(16-27-20)25(32)30-14-12-29(13-15-30)23-24-26-10-11-31(24)22(17-28-23)18-5-8-21(33-2)9-6-18/h4-11,16-17H,3,12-15H2,1-2H3. The predicted molar refractivity (Wildman–Crippen MR) is 127 cm³/mol. The molecular weight excluding hydrogens is 416 g/mol. The van der Waals surface area contributed by atoms with Crippen LogP contribution in [0, 0.1) is 0 Å². The molecule has 0 radical (unpaired) electrons. The molecule has 4 heterocycles. The number of benzene rings is 1. The molecule has 0 unspecified atom stereocenters. The SMILES string of the molecule is CCc1ccc(C(=O)N2CCN(c3ncc(-c4ccc(OC)cc4)n4ccnc34)CC2)cn1. The predicted octanol–water partition coefficient (Wildman–Crippen LogP) is 3.32. The summed E-state index contributed by atoms with van der Waals surface area (Å²) >= 11 is 0. The number of carbonyl (C=O) groups is 1. The van der Waals surface area contributed by atoms with Gasteiger partial charge in [-0.15, -0.1) is 0 Å². The van der Waals surface area contributed by atoms with Gasteiger partial charge in [0.1, 0.15) is 5.75 Å². The molecule has 0 atom stereocenters. The summed E-state index contributed by atoms with van der Waals surface area (Å²) in [4.78, 5) is 30.7. The Morgan fingerprint density at radius 3 is 2.42 bits per heavy atom. The molecule has 8 heteroatoms. The molecule has 0 N–H and O–H groups in total. The van der Waals surface area contributed by atoms with Gasteiger partial charge >= 0.3 is 0 Å². The largest absolute Gasteiger partial charge is 0.497 e. The lowest BCUT2D eigenvalue weighted by molar-refractivity contribution is 0.0746. The average Bonchev–Trinajstić information content (AvgIpc) is 3.38. The molecule has 1 aromatic carbocycles. The molecule has 0 saturated carbocycles. The molecular formula is C25H26N6O2. The van der Waals surface area contributed by atoms with Gasteiger partial charge in [0.2, 0.25) is 0 Å². The highest BCUT2D eigenvalue weighted by molar-refractivity contribution is 5.94. The number of aromatic nitrogens is 4. The van der Waals surface area contributed by atoms with Crippen molar-refractivity contribution < 1.29 is 9.53 Å². The van der Waals surface area contributed by atoms with Gasteiger partial charge < -0.3 is 14.5 Å². The van der Waals surface area contributed by atoms with Crippen LogP contribution in [0.1, 0.15) is 23.0 Å². The Balaban J connectivity index is 1.33. The van der Waals surface area contributed by atoms with E-state index in [0.29, 0.717) is 31.7 Å². The molecule has 1 saturated heterocycles. The second kappa shape index (κ2) is 8.90. The Hall–Kier alpha value is -3.94. The van der Waals surface area contributed by atoms with Crippen LogP contribution >= 0.6 is 0 Å². The first-order valence-corrected chi connectivity index (χ1v) is 11.1. The second-order valence-electron chi connectivity index (χ2n) is 7.99. The number of rotatable bonds is 5. The van der Waals surface area contributed by atoms with Crippen LogP contribution in [0.25, 0.3) is 16.9 Å². The first kappa shape index (κ1) is 20.9. The molecule has 5 rings (SSSR count). The van der Waals surface area contributed by atoms with Crippen LogP contribution in [0.3, 0.4) is 0 Å². The maximum absolute atomic E-state index is 12.9. The highest BCUT2D eigenvalue weighted by atomic mass is 16.5. The zero-order valence-electron chi connectivity index (χ0n) is 18.8. The third-order valence-corrected chi connectivity index (χ3v) is 6.10. The number of anilines is 1. The van der Waals surface area contributed by atoms with Crippen LogP contribution in [-0.4, -0.2) is 63.4 Å². The Labute approximate surface area is 192 Å². The van der Waals surface area contributed by atoms with Crippen LogP contribution in [0.4, 0.5) is 5.82 Å². The molecule has 0 spiro atoms. The maximum atomic E-state index is 12.9. The van der Waals surface area contributed by atoms with Gasteiger partial charge in [-0.25, -0.2) is 9.97 Å². The van der Waals surface area contributed by atoms with Crippen molar-refractivity contribution >= 4 is 17.4 Å². The van der Waals surface area contributed by atoms with Gasteiger partial charge in [-0.2, -0.15) is 0 Å². The number of amides is 1. The zero-order valence-corrected chi connectivity index (χ0v) is 18.8. The van der Waals surface area contributed by atoms with Crippen LogP contribution in [-0.2, 0) is 6.42 Å². The Morgan fingerprint density at radius 2 is 1.76 bits per heavy atom. The lowest BCUT2D eigenvalue weighted by atomic mass is 10.1. The molecule has 33 heavy (non-hydrogen) atoms. The summed E-state index contributed by atoms with van der Waals surface area (Å²) in [6.45, 7) is 4.71. The fourth-order valence-electron chi connectivity index (χ4n) is 4.17. The lowest BCUT2D eigenvalue weighted by Crippen LogP contribution is -2.49. The van der Waals surface area contributed by atoms with E-state index in [1.807, 2.05) is 53.7 Å². The van der Waals surface area contributed by atoms with Gasteiger partial charge in [0.15, 0.2) is 11.5 Å². The molecule has 1 aliphatic rings. The van der Waals surface area contributed by atoms with Crippen LogP contribution in [0.2, 0.25) is 0 Å². The number of pyridine rings is 1. The number of carbonyl (C=O) groups excluding carboxylic acids is 1. The van der Waals surface area contributed by atoms with E-state index in [2.05, 4.69) is 26.2 Å². The summed E-state index contributed by atoms with van der Waals surface area (Å²) in [5, 5.41) is 0. The van der Waals surface area contributed by atoms with Crippen molar-refractivity contribution in [2.45, 2.75) is 13.3 Å². The highest BCUT2D eigenvalue weighted by Gasteiger charge is 2.25. The number of aryl methyl sites for hydroxylation is 1. The van der Waals surface area contributed by atoms with Gasteiger partial charge in [-0.1, -0.05) is 6.92 Å². The van der Waals surface area contributed by atoms with Gasteiger partial charge in [-0.05, 0) is 42.8 Å². The molecule has 168 valence electrons. The number of piperazine rings is 1. The highest BCUT2D eigenvalue weighted by Crippen LogP contribution is 2.27. The van der Waals surface area contributed by atoms with E-state index in [-0.39, 0.29) is 5.91 Å². The number of methoxy groups -OCH3 is 1. The zero-order chi connectivity index (χ0) is 22.8. The third kappa shape index (κ3) is 4.00. The van der Waals surface area contributed by atoms with Crippen LogP contribution < -0.4 is 9.64 Å². The molecule has 0 aliphatic carbocycles. The first-order chi connectivity index (χ1) is 16.2. The number of fused-ring (bicyclic) bond motifs is 1. The summed E-state index contributed by atoms with van der Waals surface area (Å²) in [5.41, 5.74) is 4.44. The second-order valence-corrected chi connectivity index (χ2v) is 7.99. The van der Waals surface area contributed by atoms with E-state index in [1.54, 1.807) is 19.5 Å².